The van der Waals surface area contributed by atoms with E-state index in [2.05, 4.69) is 10.1 Å². The number of methoxy groups -OCH3 is 1. The summed E-state index contributed by atoms with van der Waals surface area (Å²) in [5.41, 5.74) is 3.92. The molecular formula is C18H21F2NO3. The van der Waals surface area contributed by atoms with E-state index >= 15 is 0 Å². The van der Waals surface area contributed by atoms with Crippen LogP contribution in [0.2, 0.25) is 0 Å². The fraction of sp³-hybridized carbons (Fsp3) is 0.333. The average molecular weight is 337 g/mol. The number of ether oxygens (including phenoxy) is 2. The van der Waals surface area contributed by atoms with Crippen molar-refractivity contribution in [3.8, 4) is 11.5 Å². The molecule has 2 aromatic carbocycles. The van der Waals surface area contributed by atoms with E-state index in [1.807, 2.05) is 19.9 Å². The van der Waals surface area contributed by atoms with Crippen molar-refractivity contribution in [3.63, 3.8) is 0 Å². The Morgan fingerprint density at radius 1 is 1.04 bits per heavy atom. The van der Waals surface area contributed by atoms with Crippen molar-refractivity contribution in [2.24, 2.45) is 0 Å². The molecule has 0 spiro atoms. The molecule has 0 aliphatic heterocycles. The van der Waals surface area contributed by atoms with Crippen LogP contribution < -0.4 is 14.8 Å². The summed E-state index contributed by atoms with van der Waals surface area (Å²) in [5, 5.41) is 12.5. The molecule has 2 aromatic rings. The average Bonchev–Trinajstić information content (AvgIpc) is 2.55. The van der Waals surface area contributed by atoms with E-state index in [0.29, 0.717) is 23.4 Å². The van der Waals surface area contributed by atoms with Crippen molar-refractivity contribution < 1.29 is 23.4 Å². The minimum Gasteiger partial charge on any atom is -0.496 e. The smallest absolute Gasteiger partial charge is 0.387 e. The van der Waals surface area contributed by atoms with Crippen LogP contribution in [0.4, 0.5) is 14.5 Å². The van der Waals surface area contributed by atoms with Gasteiger partial charge in [0, 0.05) is 23.4 Å². The fourth-order valence-corrected chi connectivity index (χ4v) is 2.40. The van der Waals surface area contributed by atoms with Gasteiger partial charge < -0.3 is 19.9 Å². The molecule has 0 radical (unpaired) electrons. The molecule has 6 heteroatoms. The first-order valence-electron chi connectivity index (χ1n) is 7.51. The molecule has 0 aromatic heterocycles. The lowest BCUT2D eigenvalue weighted by Gasteiger charge is -2.15. The molecule has 0 fully saturated rings. The summed E-state index contributed by atoms with van der Waals surface area (Å²) in [4.78, 5) is 0. The van der Waals surface area contributed by atoms with Crippen LogP contribution in [-0.2, 0) is 13.2 Å². The Balaban J connectivity index is 2.20. The summed E-state index contributed by atoms with van der Waals surface area (Å²) in [6.07, 6.45) is 0. The standard InChI is InChI=1S/C18H21F2NO3/c1-11-6-13(17(7-12(11)2)24-18(19)20)9-21-15-4-5-16(23-3)14(8-15)10-22/h4-8,18,21-22H,9-10H2,1-3H3. The summed E-state index contributed by atoms with van der Waals surface area (Å²) in [5.74, 6) is 0.757. The molecule has 4 nitrogen and oxygen atoms in total. The van der Waals surface area contributed by atoms with Gasteiger partial charge in [0.25, 0.3) is 0 Å². The van der Waals surface area contributed by atoms with Gasteiger partial charge in [0.2, 0.25) is 0 Å². The normalized spacial score (nSPS) is 10.8. The highest BCUT2D eigenvalue weighted by Gasteiger charge is 2.12. The van der Waals surface area contributed by atoms with Gasteiger partial charge in [-0.05, 0) is 49.2 Å². The number of hydrogen-bond donors (Lipinski definition) is 2. The van der Waals surface area contributed by atoms with Crippen molar-refractivity contribution in [1.29, 1.82) is 0 Å². The Bertz CT molecular complexity index is 705. The molecule has 130 valence electrons. The number of benzene rings is 2. The second-order valence-electron chi connectivity index (χ2n) is 5.46. The minimum atomic E-state index is -2.87. The van der Waals surface area contributed by atoms with Crippen molar-refractivity contribution in [1.82, 2.24) is 0 Å². The van der Waals surface area contributed by atoms with E-state index in [1.165, 1.54) is 7.11 Å². The lowest BCUT2D eigenvalue weighted by atomic mass is 10.0. The van der Waals surface area contributed by atoms with Crippen LogP contribution in [0.3, 0.4) is 0 Å². The van der Waals surface area contributed by atoms with Gasteiger partial charge in [0.05, 0.1) is 13.7 Å². The molecule has 0 heterocycles. The zero-order chi connectivity index (χ0) is 17.7. The van der Waals surface area contributed by atoms with Gasteiger partial charge in [0.1, 0.15) is 11.5 Å². The van der Waals surface area contributed by atoms with E-state index in [-0.39, 0.29) is 12.4 Å². The van der Waals surface area contributed by atoms with Crippen LogP contribution in [0.5, 0.6) is 11.5 Å². The van der Waals surface area contributed by atoms with Gasteiger partial charge in [-0.3, -0.25) is 0 Å². The zero-order valence-electron chi connectivity index (χ0n) is 13.9. The van der Waals surface area contributed by atoms with E-state index in [4.69, 9.17) is 4.74 Å². The first-order valence-corrected chi connectivity index (χ1v) is 7.51. The fourth-order valence-electron chi connectivity index (χ4n) is 2.40. The van der Waals surface area contributed by atoms with Crippen LogP contribution in [-0.4, -0.2) is 18.8 Å². The number of aliphatic hydroxyl groups excluding tert-OH is 1. The maximum Gasteiger partial charge on any atom is 0.387 e. The summed E-state index contributed by atoms with van der Waals surface area (Å²) in [7, 11) is 1.53. The summed E-state index contributed by atoms with van der Waals surface area (Å²) in [6, 6.07) is 8.74. The first kappa shape index (κ1) is 18.0. The number of nitrogens with one attached hydrogen (secondary N) is 1. The highest BCUT2D eigenvalue weighted by atomic mass is 19.3. The van der Waals surface area contributed by atoms with E-state index in [0.717, 1.165) is 16.8 Å². The van der Waals surface area contributed by atoms with E-state index in [1.54, 1.807) is 24.3 Å². The third kappa shape index (κ3) is 4.35. The molecular weight excluding hydrogens is 316 g/mol. The number of halogens is 2. The molecule has 0 saturated carbocycles. The van der Waals surface area contributed by atoms with Gasteiger partial charge in [-0.1, -0.05) is 6.07 Å². The van der Waals surface area contributed by atoms with Crippen LogP contribution in [0.15, 0.2) is 30.3 Å². The molecule has 0 atom stereocenters. The van der Waals surface area contributed by atoms with Crippen molar-refractivity contribution in [2.75, 3.05) is 12.4 Å². The van der Waals surface area contributed by atoms with Crippen molar-refractivity contribution >= 4 is 5.69 Å². The number of aliphatic hydroxyl groups is 1. The second kappa shape index (κ2) is 7.97. The van der Waals surface area contributed by atoms with Crippen molar-refractivity contribution in [3.05, 3.63) is 52.6 Å². The molecule has 0 unspecified atom stereocenters. The second-order valence-corrected chi connectivity index (χ2v) is 5.46. The minimum absolute atomic E-state index is 0.151. The summed E-state index contributed by atoms with van der Waals surface area (Å²) >= 11 is 0. The van der Waals surface area contributed by atoms with Gasteiger partial charge in [-0.25, -0.2) is 0 Å². The van der Waals surface area contributed by atoms with Crippen LogP contribution >= 0.6 is 0 Å². The summed E-state index contributed by atoms with van der Waals surface area (Å²) < 4.78 is 35.0. The molecule has 0 amide bonds. The Kier molecular flexibility index (Phi) is 5.98. The van der Waals surface area contributed by atoms with E-state index < -0.39 is 6.61 Å². The largest absolute Gasteiger partial charge is 0.496 e. The Hall–Kier alpha value is -2.34. The Labute approximate surface area is 140 Å². The maximum absolute atomic E-state index is 12.6. The lowest BCUT2D eigenvalue weighted by Crippen LogP contribution is -2.08. The number of rotatable bonds is 7. The van der Waals surface area contributed by atoms with Crippen LogP contribution in [0, 0.1) is 13.8 Å². The van der Waals surface area contributed by atoms with Gasteiger partial charge in [-0.2, -0.15) is 8.78 Å². The third-order valence-electron chi connectivity index (χ3n) is 3.83. The highest BCUT2D eigenvalue weighted by Crippen LogP contribution is 2.27. The number of alkyl halides is 2. The third-order valence-corrected chi connectivity index (χ3v) is 3.83. The monoisotopic (exact) mass is 337 g/mol. The number of anilines is 1. The van der Waals surface area contributed by atoms with Gasteiger partial charge >= 0.3 is 6.61 Å². The Morgan fingerprint density at radius 2 is 1.75 bits per heavy atom. The predicted octanol–water partition coefficient (Wildman–Crippen LogP) is 4.02. The quantitative estimate of drug-likeness (QED) is 0.801. The Morgan fingerprint density at radius 3 is 2.38 bits per heavy atom. The zero-order valence-corrected chi connectivity index (χ0v) is 13.9. The van der Waals surface area contributed by atoms with Crippen LogP contribution in [0.25, 0.3) is 0 Å². The van der Waals surface area contributed by atoms with Gasteiger partial charge in [0.15, 0.2) is 0 Å². The highest BCUT2D eigenvalue weighted by molar-refractivity contribution is 5.52. The van der Waals surface area contributed by atoms with Crippen molar-refractivity contribution in [2.45, 2.75) is 33.6 Å². The molecule has 0 bridgehead atoms. The molecule has 2 rings (SSSR count). The topological polar surface area (TPSA) is 50.7 Å². The predicted molar refractivity (Wildman–Crippen MR) is 88.8 cm³/mol. The molecule has 24 heavy (non-hydrogen) atoms. The van der Waals surface area contributed by atoms with Gasteiger partial charge in [-0.15, -0.1) is 0 Å². The molecule has 2 N–H and O–H groups in total. The lowest BCUT2D eigenvalue weighted by molar-refractivity contribution is -0.0504. The SMILES string of the molecule is COc1ccc(NCc2cc(C)c(C)cc2OC(F)F)cc1CO. The first-order chi connectivity index (χ1) is 11.4. The molecule has 0 saturated heterocycles. The van der Waals surface area contributed by atoms with E-state index in [9.17, 15) is 13.9 Å². The maximum atomic E-state index is 12.6. The van der Waals surface area contributed by atoms with Crippen LogP contribution in [0.1, 0.15) is 22.3 Å². The molecule has 0 aliphatic carbocycles. The number of hydrogen-bond acceptors (Lipinski definition) is 4. The molecule has 0 aliphatic rings. The number of aryl methyl sites for hydroxylation is 2. The summed E-state index contributed by atoms with van der Waals surface area (Å²) in [6.45, 7) is 1.07.